The number of pyridine rings is 1. The van der Waals surface area contributed by atoms with Crippen LogP contribution >= 0.6 is 0 Å². The van der Waals surface area contributed by atoms with Crippen LogP contribution in [0.5, 0.6) is 0 Å². The van der Waals surface area contributed by atoms with E-state index in [-0.39, 0.29) is 10.9 Å². The molecule has 0 unspecified atom stereocenters. The number of hydrogen-bond acceptors (Lipinski definition) is 3. The molecule has 0 bridgehead atoms. The minimum atomic E-state index is -3.79. The Kier molecular flexibility index (Phi) is 3.19. The van der Waals surface area contributed by atoms with Gasteiger partial charge in [0.15, 0.2) is 0 Å². The fourth-order valence-corrected chi connectivity index (χ4v) is 3.82. The van der Waals surface area contributed by atoms with Crippen LogP contribution in [0.25, 0.3) is 0 Å². The van der Waals surface area contributed by atoms with Gasteiger partial charge in [0.05, 0.1) is 0 Å². The minimum absolute atomic E-state index is 0.197. The Morgan fingerprint density at radius 1 is 1.10 bits per heavy atom. The summed E-state index contributed by atoms with van der Waals surface area (Å²) in [6, 6.07) is 8.89. The molecule has 6 heteroatoms. The highest BCUT2D eigenvalue weighted by Gasteiger charge is 2.27. The molecule has 20 heavy (non-hydrogen) atoms. The summed E-state index contributed by atoms with van der Waals surface area (Å²) in [5, 5.41) is 0. The predicted octanol–water partition coefficient (Wildman–Crippen LogP) is 0.821. The first-order chi connectivity index (χ1) is 9.56. The van der Waals surface area contributed by atoms with Crippen molar-refractivity contribution in [2.75, 3.05) is 0 Å². The largest absolute Gasteiger partial charge is 0.366 e. The van der Waals surface area contributed by atoms with Crippen LogP contribution in [0.15, 0.2) is 52.4 Å². The molecule has 1 aliphatic rings. The first-order valence-electron chi connectivity index (χ1n) is 6.32. The van der Waals surface area contributed by atoms with E-state index < -0.39 is 15.5 Å². The highest BCUT2D eigenvalue weighted by Crippen LogP contribution is 2.22. The summed E-state index contributed by atoms with van der Waals surface area (Å²) < 4.78 is 27.1. The molecule has 0 amide bonds. The summed E-state index contributed by atoms with van der Waals surface area (Å²) in [5.74, 6) is 0. The minimum Gasteiger partial charge on any atom is -0.366 e. The molecule has 2 aromatic rings. The van der Waals surface area contributed by atoms with Gasteiger partial charge in [0.25, 0.3) is 0 Å². The third-order valence-corrected chi connectivity index (χ3v) is 4.99. The SMILES string of the molecule is O=c1cc[nH]cc1S(=O)(=O)NC1Cc2ccccc2C1. The highest BCUT2D eigenvalue weighted by atomic mass is 32.2. The van der Waals surface area contributed by atoms with Crippen LogP contribution in [0.2, 0.25) is 0 Å². The molecule has 1 aromatic heterocycles. The van der Waals surface area contributed by atoms with Gasteiger partial charge in [0.2, 0.25) is 15.5 Å². The Morgan fingerprint density at radius 2 is 1.75 bits per heavy atom. The number of H-pyrrole nitrogens is 1. The van der Waals surface area contributed by atoms with Gasteiger partial charge < -0.3 is 4.98 Å². The fraction of sp³-hybridized carbons (Fsp3) is 0.214. The van der Waals surface area contributed by atoms with Gasteiger partial charge in [-0.15, -0.1) is 0 Å². The quantitative estimate of drug-likeness (QED) is 0.878. The molecule has 0 fully saturated rings. The summed E-state index contributed by atoms with van der Waals surface area (Å²) in [4.78, 5) is 14.0. The van der Waals surface area contributed by atoms with Crippen molar-refractivity contribution >= 4 is 10.0 Å². The lowest BCUT2D eigenvalue weighted by Gasteiger charge is -2.11. The van der Waals surface area contributed by atoms with Crippen molar-refractivity contribution in [3.63, 3.8) is 0 Å². The smallest absolute Gasteiger partial charge is 0.246 e. The van der Waals surface area contributed by atoms with Crippen molar-refractivity contribution in [2.45, 2.75) is 23.8 Å². The van der Waals surface area contributed by atoms with Crippen LogP contribution < -0.4 is 10.2 Å². The first-order valence-corrected chi connectivity index (χ1v) is 7.81. The van der Waals surface area contributed by atoms with E-state index in [1.54, 1.807) is 0 Å². The van der Waals surface area contributed by atoms with E-state index in [9.17, 15) is 13.2 Å². The Morgan fingerprint density at radius 3 is 2.35 bits per heavy atom. The van der Waals surface area contributed by atoms with Crippen molar-refractivity contribution < 1.29 is 8.42 Å². The maximum atomic E-state index is 12.2. The number of aromatic amines is 1. The average molecular weight is 290 g/mol. The van der Waals surface area contributed by atoms with Crippen molar-refractivity contribution in [3.05, 3.63) is 64.1 Å². The van der Waals surface area contributed by atoms with Gasteiger partial charge >= 0.3 is 0 Å². The lowest BCUT2D eigenvalue weighted by atomic mass is 10.1. The molecule has 5 nitrogen and oxygen atoms in total. The van der Waals surface area contributed by atoms with Crippen LogP contribution in [0.4, 0.5) is 0 Å². The molecule has 0 spiro atoms. The molecule has 3 rings (SSSR count). The predicted molar refractivity (Wildman–Crippen MR) is 75.0 cm³/mol. The molecule has 104 valence electrons. The van der Waals surface area contributed by atoms with Gasteiger partial charge in [-0.2, -0.15) is 0 Å². The summed E-state index contributed by atoms with van der Waals surface area (Å²) >= 11 is 0. The second-order valence-corrected chi connectivity index (χ2v) is 6.55. The van der Waals surface area contributed by atoms with E-state index in [4.69, 9.17) is 0 Å². The number of nitrogens with one attached hydrogen (secondary N) is 2. The van der Waals surface area contributed by atoms with E-state index in [1.807, 2.05) is 24.3 Å². The number of sulfonamides is 1. The van der Waals surface area contributed by atoms with Crippen molar-refractivity contribution in [2.24, 2.45) is 0 Å². The Balaban J connectivity index is 1.83. The molecule has 1 heterocycles. The molecule has 0 saturated carbocycles. The van der Waals surface area contributed by atoms with Gasteiger partial charge in [-0.25, -0.2) is 13.1 Å². The molecule has 1 aliphatic carbocycles. The van der Waals surface area contributed by atoms with Crippen molar-refractivity contribution in [1.82, 2.24) is 9.71 Å². The van der Waals surface area contributed by atoms with Crippen LogP contribution in [-0.2, 0) is 22.9 Å². The third kappa shape index (κ3) is 2.39. The Labute approximate surface area is 116 Å². The lowest BCUT2D eigenvalue weighted by Crippen LogP contribution is -2.37. The zero-order chi connectivity index (χ0) is 14.2. The van der Waals surface area contributed by atoms with Gasteiger partial charge in [-0.3, -0.25) is 4.79 Å². The van der Waals surface area contributed by atoms with E-state index in [0.29, 0.717) is 12.8 Å². The molecule has 0 aliphatic heterocycles. The van der Waals surface area contributed by atoms with E-state index in [1.165, 1.54) is 18.5 Å². The fourth-order valence-electron chi connectivity index (χ4n) is 2.54. The molecule has 0 radical (unpaired) electrons. The number of hydrogen-bond donors (Lipinski definition) is 2. The summed E-state index contributed by atoms with van der Waals surface area (Å²) in [6.45, 7) is 0. The highest BCUT2D eigenvalue weighted by molar-refractivity contribution is 7.89. The number of aromatic nitrogens is 1. The van der Waals surface area contributed by atoms with Gasteiger partial charge in [-0.1, -0.05) is 24.3 Å². The molecular formula is C14H14N2O3S. The van der Waals surface area contributed by atoms with E-state index >= 15 is 0 Å². The summed E-state index contributed by atoms with van der Waals surface area (Å²) in [5.41, 5.74) is 1.80. The second-order valence-electron chi connectivity index (χ2n) is 4.87. The second kappa shape index (κ2) is 4.88. The maximum Gasteiger partial charge on any atom is 0.246 e. The molecular weight excluding hydrogens is 276 g/mol. The first kappa shape index (κ1) is 13.1. The van der Waals surface area contributed by atoms with Gasteiger partial charge in [-0.05, 0) is 24.0 Å². The van der Waals surface area contributed by atoms with Crippen LogP contribution in [0, 0.1) is 0 Å². The Bertz CT molecular complexity index is 771. The zero-order valence-corrected chi connectivity index (χ0v) is 11.5. The monoisotopic (exact) mass is 290 g/mol. The van der Waals surface area contributed by atoms with E-state index in [0.717, 1.165) is 11.1 Å². The molecule has 0 atom stereocenters. The summed E-state index contributed by atoms with van der Waals surface area (Å²) in [7, 11) is -3.79. The average Bonchev–Trinajstić information content (AvgIpc) is 2.80. The number of rotatable bonds is 3. The zero-order valence-electron chi connectivity index (χ0n) is 10.7. The molecule has 1 aromatic carbocycles. The van der Waals surface area contributed by atoms with Crippen LogP contribution in [0.1, 0.15) is 11.1 Å². The standard InChI is InChI=1S/C14H14N2O3S/c17-13-5-6-15-9-14(13)20(18,19)16-12-7-10-3-1-2-4-11(10)8-12/h1-6,9,12,16H,7-8H2,(H,15,17). The van der Waals surface area contributed by atoms with E-state index in [2.05, 4.69) is 9.71 Å². The normalized spacial score (nSPS) is 15.2. The number of benzene rings is 1. The van der Waals surface area contributed by atoms with Gasteiger partial charge in [0.1, 0.15) is 4.90 Å². The van der Waals surface area contributed by atoms with Crippen LogP contribution in [-0.4, -0.2) is 19.4 Å². The topological polar surface area (TPSA) is 79.0 Å². The molecule has 0 saturated heterocycles. The Hall–Kier alpha value is -1.92. The number of fused-ring (bicyclic) bond motifs is 1. The van der Waals surface area contributed by atoms with Crippen molar-refractivity contribution in [3.8, 4) is 0 Å². The maximum absolute atomic E-state index is 12.2. The van der Waals surface area contributed by atoms with Crippen molar-refractivity contribution in [1.29, 1.82) is 0 Å². The summed E-state index contributed by atoms with van der Waals surface area (Å²) in [6.07, 6.45) is 3.93. The molecule has 2 N–H and O–H groups in total. The van der Waals surface area contributed by atoms with Gasteiger partial charge in [0, 0.05) is 24.5 Å². The lowest BCUT2D eigenvalue weighted by molar-refractivity contribution is 0.554. The van der Waals surface area contributed by atoms with Crippen LogP contribution in [0.3, 0.4) is 0 Å². The third-order valence-electron chi connectivity index (χ3n) is 3.45.